The van der Waals surface area contributed by atoms with E-state index >= 15 is 0 Å². The molecule has 132 valence electrons. The highest BCUT2D eigenvalue weighted by atomic mass is 16.2. The van der Waals surface area contributed by atoms with Crippen molar-refractivity contribution in [2.24, 2.45) is 0 Å². The zero-order valence-corrected chi connectivity index (χ0v) is 15.5. The summed E-state index contributed by atoms with van der Waals surface area (Å²) in [5, 5.41) is 3.12. The standard InChI is InChI=1S/C21H27N3O/c1-20(2,3)23-19(25)21(4)12-14-24(21)15-16-8-10-17(11-9-16)18-7-5-6-13-22-18/h5-11,13H,12,14-15H2,1-4H3,(H,23,25). The zero-order valence-electron chi connectivity index (χ0n) is 15.5. The number of aromatic nitrogens is 1. The second kappa shape index (κ2) is 6.60. The molecule has 4 heteroatoms. The summed E-state index contributed by atoms with van der Waals surface area (Å²) in [6, 6.07) is 14.4. The van der Waals surface area contributed by atoms with Crippen molar-refractivity contribution < 1.29 is 4.79 Å². The lowest BCUT2D eigenvalue weighted by Crippen LogP contribution is -2.67. The monoisotopic (exact) mass is 337 g/mol. The number of rotatable bonds is 4. The van der Waals surface area contributed by atoms with Crippen LogP contribution in [0.4, 0.5) is 0 Å². The Balaban J connectivity index is 1.67. The SMILES string of the molecule is CC(C)(C)NC(=O)C1(C)CCN1Cc1ccc(-c2ccccn2)cc1. The maximum atomic E-state index is 12.6. The van der Waals surface area contributed by atoms with Crippen molar-refractivity contribution in [2.45, 2.75) is 51.7 Å². The van der Waals surface area contributed by atoms with Crippen molar-refractivity contribution in [1.82, 2.24) is 15.2 Å². The Kier molecular flexibility index (Phi) is 4.65. The highest BCUT2D eigenvalue weighted by molar-refractivity contribution is 5.87. The lowest BCUT2D eigenvalue weighted by molar-refractivity contribution is -0.143. The molecule has 0 saturated carbocycles. The van der Waals surface area contributed by atoms with Gasteiger partial charge in [-0.2, -0.15) is 0 Å². The Bertz CT molecular complexity index is 734. The predicted octanol–water partition coefficient (Wildman–Crippen LogP) is 3.63. The van der Waals surface area contributed by atoms with Crippen molar-refractivity contribution >= 4 is 5.91 Å². The Morgan fingerprint density at radius 3 is 2.44 bits per heavy atom. The first-order valence-electron chi connectivity index (χ1n) is 8.86. The van der Waals surface area contributed by atoms with Gasteiger partial charge in [-0.05, 0) is 51.8 Å². The molecule has 1 N–H and O–H groups in total. The molecule has 1 saturated heterocycles. The average molecular weight is 337 g/mol. The molecule has 4 nitrogen and oxygen atoms in total. The molecule has 0 spiro atoms. The van der Waals surface area contributed by atoms with E-state index in [-0.39, 0.29) is 11.4 Å². The first-order chi connectivity index (χ1) is 11.8. The second-order valence-electron chi connectivity index (χ2n) is 8.06. The summed E-state index contributed by atoms with van der Waals surface area (Å²) in [7, 11) is 0. The minimum Gasteiger partial charge on any atom is -0.350 e. The molecule has 2 aromatic rings. The number of likely N-dealkylation sites (tertiary alicyclic amines) is 1. The zero-order chi connectivity index (χ0) is 18.1. The van der Waals surface area contributed by atoms with E-state index in [0.29, 0.717) is 0 Å². The van der Waals surface area contributed by atoms with Crippen LogP contribution in [0.2, 0.25) is 0 Å². The molecular weight excluding hydrogens is 310 g/mol. The fourth-order valence-corrected chi connectivity index (χ4v) is 3.13. The Hall–Kier alpha value is -2.20. The largest absolute Gasteiger partial charge is 0.350 e. The summed E-state index contributed by atoms with van der Waals surface area (Å²) in [5.74, 6) is 0.122. The van der Waals surface area contributed by atoms with E-state index in [0.717, 1.165) is 30.8 Å². The first-order valence-corrected chi connectivity index (χ1v) is 8.86. The molecule has 0 bridgehead atoms. The number of nitrogens with one attached hydrogen (secondary N) is 1. The lowest BCUT2D eigenvalue weighted by atomic mass is 9.84. The third-order valence-corrected chi connectivity index (χ3v) is 4.83. The molecule has 0 aliphatic carbocycles. The van der Waals surface area contributed by atoms with E-state index < -0.39 is 5.54 Å². The highest BCUT2D eigenvalue weighted by Crippen LogP contribution is 2.33. The van der Waals surface area contributed by atoms with E-state index in [9.17, 15) is 4.79 Å². The van der Waals surface area contributed by atoms with Gasteiger partial charge >= 0.3 is 0 Å². The summed E-state index contributed by atoms with van der Waals surface area (Å²) >= 11 is 0. The Morgan fingerprint density at radius 1 is 1.20 bits per heavy atom. The number of nitrogens with zero attached hydrogens (tertiary/aromatic N) is 2. The van der Waals surface area contributed by atoms with Gasteiger partial charge in [0.15, 0.2) is 0 Å². The summed E-state index contributed by atoms with van der Waals surface area (Å²) in [6.45, 7) is 9.85. The number of amides is 1. The van der Waals surface area contributed by atoms with Crippen LogP contribution >= 0.6 is 0 Å². The van der Waals surface area contributed by atoms with Crippen molar-refractivity contribution in [2.75, 3.05) is 6.54 Å². The van der Waals surface area contributed by atoms with E-state index in [1.165, 1.54) is 5.56 Å². The molecule has 3 rings (SSSR count). The predicted molar refractivity (Wildman–Crippen MR) is 101 cm³/mol. The van der Waals surface area contributed by atoms with E-state index in [4.69, 9.17) is 0 Å². The summed E-state index contributed by atoms with van der Waals surface area (Å²) < 4.78 is 0. The minimum absolute atomic E-state index is 0.122. The maximum Gasteiger partial charge on any atom is 0.240 e. The highest BCUT2D eigenvalue weighted by Gasteiger charge is 2.47. The van der Waals surface area contributed by atoms with Gasteiger partial charge in [-0.1, -0.05) is 30.3 Å². The van der Waals surface area contributed by atoms with Crippen LogP contribution in [0.3, 0.4) is 0 Å². The van der Waals surface area contributed by atoms with Crippen LogP contribution in [0.15, 0.2) is 48.7 Å². The van der Waals surface area contributed by atoms with Crippen LogP contribution < -0.4 is 5.32 Å². The molecule has 1 unspecified atom stereocenters. The van der Waals surface area contributed by atoms with Crippen LogP contribution in [0.25, 0.3) is 11.3 Å². The minimum atomic E-state index is -0.410. The number of hydrogen-bond donors (Lipinski definition) is 1. The molecule has 1 fully saturated rings. The summed E-state index contributed by atoms with van der Waals surface area (Å²) in [6.07, 6.45) is 2.71. The van der Waals surface area contributed by atoms with Gasteiger partial charge in [0, 0.05) is 30.4 Å². The normalized spacial score (nSPS) is 20.8. The van der Waals surface area contributed by atoms with E-state index in [1.807, 2.05) is 52.1 Å². The van der Waals surface area contributed by atoms with E-state index in [2.05, 4.69) is 39.5 Å². The molecule has 1 aliphatic heterocycles. The third kappa shape index (κ3) is 3.90. The maximum absolute atomic E-state index is 12.6. The topological polar surface area (TPSA) is 45.2 Å². The summed E-state index contributed by atoms with van der Waals surface area (Å²) in [4.78, 5) is 19.3. The van der Waals surface area contributed by atoms with Crippen LogP contribution in [0.5, 0.6) is 0 Å². The van der Waals surface area contributed by atoms with Gasteiger partial charge in [-0.3, -0.25) is 14.7 Å². The van der Waals surface area contributed by atoms with Gasteiger partial charge < -0.3 is 5.32 Å². The smallest absolute Gasteiger partial charge is 0.240 e. The average Bonchev–Trinajstić information content (AvgIpc) is 2.58. The van der Waals surface area contributed by atoms with Crippen LogP contribution in [0, 0.1) is 0 Å². The molecular formula is C21H27N3O. The van der Waals surface area contributed by atoms with Gasteiger partial charge in [0.2, 0.25) is 5.91 Å². The molecule has 1 aliphatic rings. The van der Waals surface area contributed by atoms with Crippen LogP contribution in [0.1, 0.15) is 39.7 Å². The quantitative estimate of drug-likeness (QED) is 0.927. The van der Waals surface area contributed by atoms with Gasteiger partial charge in [-0.25, -0.2) is 0 Å². The molecule has 1 amide bonds. The van der Waals surface area contributed by atoms with E-state index in [1.54, 1.807) is 0 Å². The molecule has 1 aromatic heterocycles. The molecule has 1 atom stereocenters. The van der Waals surface area contributed by atoms with Crippen LogP contribution in [-0.4, -0.2) is 33.4 Å². The van der Waals surface area contributed by atoms with Crippen molar-refractivity contribution in [3.05, 3.63) is 54.2 Å². The number of benzene rings is 1. The molecule has 1 aromatic carbocycles. The third-order valence-electron chi connectivity index (χ3n) is 4.83. The Labute approximate surface area is 150 Å². The number of hydrogen-bond acceptors (Lipinski definition) is 3. The molecule has 0 radical (unpaired) electrons. The fraction of sp³-hybridized carbons (Fsp3) is 0.429. The number of carbonyl (C=O) groups is 1. The van der Waals surface area contributed by atoms with Crippen molar-refractivity contribution in [3.63, 3.8) is 0 Å². The second-order valence-corrected chi connectivity index (χ2v) is 8.06. The van der Waals surface area contributed by atoms with Crippen LogP contribution in [-0.2, 0) is 11.3 Å². The molecule has 25 heavy (non-hydrogen) atoms. The van der Waals surface area contributed by atoms with Crippen molar-refractivity contribution in [3.8, 4) is 11.3 Å². The van der Waals surface area contributed by atoms with Gasteiger partial charge in [0.05, 0.1) is 11.2 Å². The fourth-order valence-electron chi connectivity index (χ4n) is 3.13. The van der Waals surface area contributed by atoms with Crippen molar-refractivity contribution in [1.29, 1.82) is 0 Å². The Morgan fingerprint density at radius 2 is 1.92 bits per heavy atom. The van der Waals surface area contributed by atoms with Gasteiger partial charge in [-0.15, -0.1) is 0 Å². The van der Waals surface area contributed by atoms with Gasteiger partial charge in [0.25, 0.3) is 0 Å². The lowest BCUT2D eigenvalue weighted by Gasteiger charge is -2.50. The number of pyridine rings is 1. The number of carbonyl (C=O) groups excluding carboxylic acids is 1. The molecule has 2 heterocycles. The summed E-state index contributed by atoms with van der Waals surface area (Å²) in [5.41, 5.74) is 2.70. The van der Waals surface area contributed by atoms with Gasteiger partial charge in [0.1, 0.15) is 0 Å². The first kappa shape index (κ1) is 17.6.